The Kier molecular flexibility index (Phi) is 42.7. The maximum atomic E-state index is 12.8. The molecule has 444 valence electrons. The Morgan fingerprint density at radius 2 is 0.949 bits per heavy atom. The van der Waals surface area contributed by atoms with Crippen LogP contribution in [-0.4, -0.2) is 175 Å². The number of hydrogen-bond acceptors (Lipinski definition) is 16. The molecule has 0 radical (unpaired) electrons. The van der Waals surface area contributed by atoms with E-state index in [9.17, 15) is 76.3 Å². The van der Waals surface area contributed by atoms with E-state index in [2.05, 4.69) is 17.1 Å². The van der Waals surface area contributed by atoms with Gasteiger partial charge in [-0.3, -0.25) is 9.79 Å². The summed E-state index contributed by atoms with van der Waals surface area (Å²) in [6.07, 6.45) is 24.2. The van der Waals surface area contributed by atoms with E-state index in [-0.39, 0.29) is 87.8 Å². The number of nitrogens with two attached hydrogens (primary N) is 2. The predicted molar refractivity (Wildman–Crippen MR) is 308 cm³/mol. The fraction of sp³-hybridized carbons (Fsp3) is 0.600. The molecule has 78 heavy (non-hydrogen) atoms. The van der Waals surface area contributed by atoms with Crippen LogP contribution in [0.2, 0.25) is 0 Å². The molecule has 0 aliphatic rings. The zero-order chi connectivity index (χ0) is 58.8. The molecule has 0 spiro atoms. The zero-order valence-corrected chi connectivity index (χ0v) is 46.4. The van der Waals surface area contributed by atoms with Gasteiger partial charge in [0.1, 0.15) is 11.9 Å². The predicted octanol–water partition coefficient (Wildman–Crippen LogP) is 3.39. The first-order valence-corrected chi connectivity index (χ1v) is 27.4. The van der Waals surface area contributed by atoms with Crippen molar-refractivity contribution in [3.63, 3.8) is 0 Å². The van der Waals surface area contributed by atoms with Crippen LogP contribution >= 0.6 is 0 Å². The summed E-state index contributed by atoms with van der Waals surface area (Å²) < 4.78 is 0. The van der Waals surface area contributed by atoms with Gasteiger partial charge in [-0.1, -0.05) is 154 Å². The molecular formula is C60H99N3O15. The highest BCUT2D eigenvalue weighted by molar-refractivity contribution is 5.81. The number of aliphatic hydroxyl groups is 14. The molecule has 0 fully saturated rings. The molecule has 0 aliphatic heterocycles. The lowest BCUT2D eigenvalue weighted by Crippen LogP contribution is -2.41. The Morgan fingerprint density at radius 3 is 1.53 bits per heavy atom. The van der Waals surface area contributed by atoms with Crippen molar-refractivity contribution in [1.29, 1.82) is 0 Å². The third kappa shape index (κ3) is 39.0. The fourth-order valence-corrected chi connectivity index (χ4v) is 7.93. The summed E-state index contributed by atoms with van der Waals surface area (Å²) >= 11 is 0. The normalized spacial score (nSPS) is 19.9. The lowest BCUT2D eigenvalue weighted by atomic mass is 9.88. The number of hydrogen-bond donors (Lipinski definition) is 16. The van der Waals surface area contributed by atoms with Gasteiger partial charge < -0.3 is 83.0 Å². The maximum absolute atomic E-state index is 12.8. The molecular weight excluding hydrogens is 1000 g/mol. The van der Waals surface area contributed by atoms with E-state index < -0.39 is 91.4 Å². The number of nitrogens with zero attached hydrogens (tertiary/aromatic N) is 1. The van der Waals surface area contributed by atoms with E-state index in [0.29, 0.717) is 19.4 Å². The number of unbranched alkanes of at least 4 members (excludes halogenated alkanes) is 1. The molecule has 0 aromatic heterocycles. The van der Waals surface area contributed by atoms with E-state index in [1.54, 1.807) is 49.5 Å². The van der Waals surface area contributed by atoms with Crippen molar-refractivity contribution in [2.45, 2.75) is 203 Å². The number of aliphatic imine (C=N–C) groups is 1. The van der Waals surface area contributed by atoms with Crippen LogP contribution in [0.25, 0.3) is 0 Å². The van der Waals surface area contributed by atoms with Crippen molar-refractivity contribution >= 4 is 11.7 Å². The average molecular weight is 1100 g/mol. The molecule has 0 aromatic rings. The Bertz CT molecular complexity index is 1930. The van der Waals surface area contributed by atoms with Gasteiger partial charge in [0.2, 0.25) is 0 Å². The van der Waals surface area contributed by atoms with Crippen LogP contribution in [0.3, 0.4) is 0 Å². The number of rotatable bonds is 44. The van der Waals surface area contributed by atoms with Gasteiger partial charge in [0.15, 0.2) is 5.96 Å². The topological polar surface area (TPSA) is 365 Å². The van der Waals surface area contributed by atoms with Crippen LogP contribution in [-0.2, 0) is 4.79 Å². The maximum Gasteiger partial charge on any atom is 0.185 e. The van der Waals surface area contributed by atoms with Crippen LogP contribution in [0.4, 0.5) is 0 Å². The van der Waals surface area contributed by atoms with Crippen LogP contribution in [0.15, 0.2) is 139 Å². The SMILES string of the molecule is C/C=C/C=C/CC/C=C/C(C)C(O)C(C)C(O)/C=C/C=C/C=C/C=C/C=C/C=C/CC(O)C(C)C(=O)CC(O)CC(O)/C=C/CC(O)CC(O)CC(O)/C=C/CC(O)CC(O)C(O)C(O)CC(O)CC(O)CCCN=C(N)N. The van der Waals surface area contributed by atoms with Crippen LogP contribution in [0.5, 0.6) is 0 Å². The lowest BCUT2D eigenvalue weighted by molar-refractivity contribution is -0.127. The summed E-state index contributed by atoms with van der Waals surface area (Å²) in [7, 11) is 0. The highest BCUT2D eigenvalue weighted by atomic mass is 16.4. The quantitative estimate of drug-likeness (QED) is 0.0137. The average Bonchev–Trinajstić information content (AvgIpc) is 3.37. The smallest absolute Gasteiger partial charge is 0.185 e. The molecule has 18 heteroatoms. The van der Waals surface area contributed by atoms with Gasteiger partial charge in [-0.2, -0.15) is 0 Å². The molecule has 0 aliphatic carbocycles. The molecule has 18 N–H and O–H groups in total. The van der Waals surface area contributed by atoms with Gasteiger partial charge in [-0.15, -0.1) is 0 Å². The largest absolute Gasteiger partial charge is 0.393 e. The van der Waals surface area contributed by atoms with Crippen molar-refractivity contribution in [2.75, 3.05) is 6.54 Å². The Balaban J connectivity index is 4.53. The van der Waals surface area contributed by atoms with Gasteiger partial charge in [0, 0.05) is 56.4 Å². The third-order valence-electron chi connectivity index (χ3n) is 12.8. The number of allylic oxidation sites excluding steroid dienone is 15. The summed E-state index contributed by atoms with van der Waals surface area (Å²) in [5, 5.41) is 145. The van der Waals surface area contributed by atoms with Crippen molar-refractivity contribution < 1.29 is 76.3 Å². The van der Waals surface area contributed by atoms with Crippen molar-refractivity contribution in [2.24, 2.45) is 34.2 Å². The lowest BCUT2D eigenvalue weighted by Gasteiger charge is -2.26. The number of guanidine groups is 1. The van der Waals surface area contributed by atoms with Crippen LogP contribution in [0.1, 0.15) is 118 Å². The number of carbonyl (C=O) groups is 1. The van der Waals surface area contributed by atoms with Gasteiger partial charge >= 0.3 is 0 Å². The fourth-order valence-electron chi connectivity index (χ4n) is 7.93. The first-order chi connectivity index (χ1) is 37.0. The number of Topliss-reactive ketones (excluding diaryl/α,β-unsaturated/α-hetero) is 1. The van der Waals surface area contributed by atoms with E-state index in [0.717, 1.165) is 12.8 Å². The number of ketones is 1. The molecule has 0 saturated carbocycles. The second kappa shape index (κ2) is 45.3. The third-order valence-corrected chi connectivity index (χ3v) is 12.8. The zero-order valence-electron chi connectivity index (χ0n) is 46.4. The monoisotopic (exact) mass is 1100 g/mol. The molecule has 17 unspecified atom stereocenters. The molecule has 0 heterocycles. The number of carbonyl (C=O) groups excluding carboxylic acids is 1. The molecule has 0 rings (SSSR count). The number of aliphatic hydroxyl groups excluding tert-OH is 14. The minimum Gasteiger partial charge on any atom is -0.393 e. The Labute approximate surface area is 464 Å². The molecule has 0 aromatic carbocycles. The minimum absolute atomic E-state index is 0.0402. The van der Waals surface area contributed by atoms with Gasteiger partial charge in [0.25, 0.3) is 0 Å². The Morgan fingerprint density at radius 1 is 0.462 bits per heavy atom. The van der Waals surface area contributed by atoms with Gasteiger partial charge in [-0.05, 0) is 64.7 Å². The van der Waals surface area contributed by atoms with E-state index >= 15 is 0 Å². The van der Waals surface area contributed by atoms with Gasteiger partial charge in [-0.25, -0.2) is 0 Å². The molecule has 0 saturated heterocycles. The van der Waals surface area contributed by atoms with Crippen LogP contribution in [0, 0.1) is 17.8 Å². The minimum atomic E-state index is -1.69. The van der Waals surface area contributed by atoms with E-state index in [1.807, 2.05) is 75.5 Å². The summed E-state index contributed by atoms with van der Waals surface area (Å²) in [6, 6.07) is 0. The first kappa shape index (κ1) is 73.5. The highest BCUT2D eigenvalue weighted by Gasteiger charge is 2.29. The van der Waals surface area contributed by atoms with E-state index in [4.69, 9.17) is 11.5 Å². The second-order valence-corrected chi connectivity index (χ2v) is 20.1. The molecule has 18 nitrogen and oxygen atoms in total. The van der Waals surface area contributed by atoms with Crippen LogP contribution < -0.4 is 11.5 Å². The molecule has 17 atom stereocenters. The van der Waals surface area contributed by atoms with Crippen molar-refractivity contribution in [3.05, 3.63) is 134 Å². The molecule has 0 bridgehead atoms. The van der Waals surface area contributed by atoms with Gasteiger partial charge in [0.05, 0.1) is 79.4 Å². The van der Waals surface area contributed by atoms with Crippen molar-refractivity contribution in [1.82, 2.24) is 0 Å². The van der Waals surface area contributed by atoms with Crippen molar-refractivity contribution in [3.8, 4) is 0 Å². The first-order valence-electron chi connectivity index (χ1n) is 27.4. The summed E-state index contributed by atoms with van der Waals surface area (Å²) in [4.78, 5) is 16.6. The highest BCUT2D eigenvalue weighted by Crippen LogP contribution is 2.21. The second-order valence-electron chi connectivity index (χ2n) is 20.1. The molecule has 0 amide bonds. The summed E-state index contributed by atoms with van der Waals surface area (Å²) in [6.45, 7) is 7.61. The summed E-state index contributed by atoms with van der Waals surface area (Å²) in [5.41, 5.74) is 10.5. The van der Waals surface area contributed by atoms with E-state index in [1.165, 1.54) is 24.3 Å². The Hall–Kier alpha value is -4.48. The summed E-state index contributed by atoms with van der Waals surface area (Å²) in [5.74, 6) is -1.64. The standard InChI is InChI=1S/C60H99N3O15/c1-5-6-7-8-14-17-20-26-42(2)58(77)44(4)54(73)33-22-19-16-13-11-9-10-12-15-18-21-32-53(72)43(3)55(74)40-51(70)37-47(66)28-23-27-45(64)35-50(69)36-46(65)29-24-30-49(68)39-56(75)59(78)57(76)41-52(71)38-48(67)31-25-34-63-60(61)62/h5-13,15-16,18-24,26,28-29,33,42-54,56-59,64-73,75-78H,14,17,25,27,30-32,34-41H2,1-4H3,(H4,61,62,63)/b6-5+,8-7+,10-9+,13-11+,15-12+,19-16+,21-18+,26-20+,28-23+,29-24+,33-22+.